The number of nitrogens with zero attached hydrogens (tertiary/aromatic N) is 1. The van der Waals surface area contributed by atoms with Crippen LogP contribution in [0.25, 0.3) is 22.3 Å². The van der Waals surface area contributed by atoms with Crippen LogP contribution in [0.5, 0.6) is 11.5 Å². The molecule has 4 fully saturated rings. The van der Waals surface area contributed by atoms with E-state index in [-0.39, 0.29) is 50.7 Å². The Morgan fingerprint density at radius 3 is 2.10 bits per heavy atom. The van der Waals surface area contributed by atoms with Crippen LogP contribution in [0.15, 0.2) is 84.9 Å². The smallest absolute Gasteiger partial charge is 0.481 e. The van der Waals surface area contributed by atoms with Gasteiger partial charge >= 0.3 is 7.12 Å². The van der Waals surface area contributed by atoms with Crippen molar-refractivity contribution in [3.63, 3.8) is 0 Å². The van der Waals surface area contributed by atoms with Gasteiger partial charge in [0.15, 0.2) is 0 Å². The second kappa shape index (κ2) is 25.2. The molecule has 4 aromatic carbocycles. The summed E-state index contributed by atoms with van der Waals surface area (Å²) in [5.41, 5.74) is 23.1. The number of hydrogen-bond acceptors (Lipinski definition) is 12. The molecule has 0 aromatic heterocycles. The van der Waals surface area contributed by atoms with E-state index in [0.717, 1.165) is 43.2 Å². The predicted octanol–water partition coefficient (Wildman–Crippen LogP) is 5.78. The standard InChI is InChI=1S/C60H81BN8O9/c1-8-9-12-38-14-17-40(18-15-38)41-19-21-42(22-20-41)55(71)67-47(13-10-11-26-62)58(74)69(7)53-43-23-25-50(76-30-28-64)46(33-43)45-31-39(16-24-49(45)75-29-27-63)32-48(68-54(70)36(2)65-57(53)73)56(72)66-37(3)61-77-52-35-44-34-51(59(44,4)5)60(52,6)78-61/h14-25,31,33,36-37,44,47-48,51-53H,8-13,26-30,32,34-35,62-64H2,1-7H3,(H,65,73)(H,66,72)(H,67,71)(H,68,70)/t36-,37-,44-,47-,48-,51-,52+,53-,60-/m0/s1. The topological polar surface area (TPSA) is 252 Å². The number of benzene rings is 4. The molecule has 18 heteroatoms. The maximum absolute atomic E-state index is 15.0. The quantitative estimate of drug-likeness (QED) is 0.0388. The van der Waals surface area contributed by atoms with Gasteiger partial charge in [0, 0.05) is 43.2 Å². The van der Waals surface area contributed by atoms with Crippen molar-refractivity contribution in [2.24, 2.45) is 34.5 Å². The minimum Gasteiger partial charge on any atom is -0.492 e. The van der Waals surface area contributed by atoms with Gasteiger partial charge in [0.2, 0.25) is 23.6 Å². The first-order valence-corrected chi connectivity index (χ1v) is 28.0. The average molecular weight is 1070 g/mol. The van der Waals surface area contributed by atoms with Gasteiger partial charge in [-0.25, -0.2) is 0 Å². The number of ether oxygens (including phenoxy) is 2. The number of aryl methyl sites for hydroxylation is 1. The van der Waals surface area contributed by atoms with Gasteiger partial charge in [-0.1, -0.05) is 75.7 Å². The third-order valence-electron chi connectivity index (χ3n) is 16.8. The molecule has 10 N–H and O–H groups in total. The molecule has 0 unspecified atom stereocenters. The molecule has 418 valence electrons. The van der Waals surface area contributed by atoms with E-state index in [2.05, 4.69) is 73.2 Å². The minimum absolute atomic E-state index is 0.0483. The normalized spacial score (nSPS) is 24.0. The number of carbonyl (C=O) groups excluding carboxylic acids is 5. The summed E-state index contributed by atoms with van der Waals surface area (Å²) in [5.74, 6) is -1.68. The molecule has 6 bridgehead atoms. The Morgan fingerprint density at radius 1 is 0.808 bits per heavy atom. The Labute approximate surface area is 460 Å². The Morgan fingerprint density at radius 2 is 1.46 bits per heavy atom. The fraction of sp³-hybridized carbons (Fsp3) is 0.517. The highest BCUT2D eigenvalue weighted by molar-refractivity contribution is 6.47. The number of carbonyl (C=O) groups is 5. The number of rotatable bonds is 21. The molecule has 17 nitrogen and oxygen atoms in total. The van der Waals surface area contributed by atoms with E-state index >= 15 is 4.79 Å². The molecule has 5 aliphatic rings. The second-order valence-electron chi connectivity index (χ2n) is 22.5. The molecule has 78 heavy (non-hydrogen) atoms. The van der Waals surface area contributed by atoms with E-state index in [1.54, 1.807) is 36.4 Å². The molecule has 0 spiro atoms. The van der Waals surface area contributed by atoms with Crippen molar-refractivity contribution < 1.29 is 42.8 Å². The summed E-state index contributed by atoms with van der Waals surface area (Å²) in [4.78, 5) is 74.4. The zero-order chi connectivity index (χ0) is 55.9. The first-order valence-electron chi connectivity index (χ1n) is 28.0. The van der Waals surface area contributed by atoms with E-state index < -0.39 is 72.4 Å². The Kier molecular flexibility index (Phi) is 18.7. The summed E-state index contributed by atoms with van der Waals surface area (Å²) >= 11 is 0. The van der Waals surface area contributed by atoms with Gasteiger partial charge in [0.05, 0.1) is 17.6 Å². The molecule has 0 radical (unpaired) electrons. The van der Waals surface area contributed by atoms with E-state index in [4.69, 9.17) is 36.0 Å². The Balaban J connectivity index is 1.09. The van der Waals surface area contributed by atoms with E-state index in [1.807, 2.05) is 31.2 Å². The van der Waals surface area contributed by atoms with Crippen LogP contribution in [-0.2, 0) is 41.3 Å². The molecule has 1 saturated heterocycles. The lowest BCUT2D eigenvalue weighted by atomic mass is 9.43. The molecule has 3 saturated carbocycles. The van der Waals surface area contributed by atoms with Crippen LogP contribution in [-0.4, -0.2) is 117 Å². The fourth-order valence-corrected chi connectivity index (χ4v) is 12.0. The summed E-state index contributed by atoms with van der Waals surface area (Å²) in [6.45, 7) is 13.4. The van der Waals surface area contributed by atoms with Crippen molar-refractivity contribution in [1.29, 1.82) is 0 Å². The lowest BCUT2D eigenvalue weighted by Gasteiger charge is -2.64. The van der Waals surface area contributed by atoms with Crippen molar-refractivity contribution in [1.82, 2.24) is 26.2 Å². The molecule has 2 aliphatic heterocycles. The third-order valence-corrected chi connectivity index (χ3v) is 16.8. The highest BCUT2D eigenvalue weighted by Gasteiger charge is 2.68. The summed E-state index contributed by atoms with van der Waals surface area (Å²) < 4.78 is 25.7. The second-order valence-corrected chi connectivity index (χ2v) is 22.5. The van der Waals surface area contributed by atoms with Gasteiger partial charge in [0.1, 0.15) is 48.9 Å². The van der Waals surface area contributed by atoms with Crippen molar-refractivity contribution >= 4 is 36.7 Å². The molecule has 3 aliphatic carbocycles. The maximum atomic E-state index is 15.0. The van der Waals surface area contributed by atoms with Crippen molar-refractivity contribution in [3.05, 3.63) is 107 Å². The number of amides is 5. The highest BCUT2D eigenvalue weighted by atomic mass is 16.7. The molecule has 2 heterocycles. The summed E-state index contributed by atoms with van der Waals surface area (Å²) in [6, 6.07) is 21.5. The van der Waals surface area contributed by atoms with Crippen LogP contribution in [0.3, 0.4) is 0 Å². The van der Waals surface area contributed by atoms with Gasteiger partial charge in [-0.15, -0.1) is 0 Å². The van der Waals surface area contributed by atoms with Crippen LogP contribution in [0.2, 0.25) is 0 Å². The lowest BCUT2D eigenvalue weighted by Crippen LogP contribution is -2.65. The van der Waals surface area contributed by atoms with Gasteiger partial charge in [-0.3, -0.25) is 24.0 Å². The number of likely N-dealkylation sites (N-methyl/N-ethyl adjacent to an activating group) is 1. The van der Waals surface area contributed by atoms with Gasteiger partial charge in [-0.05, 0) is 154 Å². The van der Waals surface area contributed by atoms with Crippen LogP contribution in [0.4, 0.5) is 0 Å². The largest absolute Gasteiger partial charge is 0.492 e. The average Bonchev–Trinajstić information content (AvgIpc) is 4.03. The van der Waals surface area contributed by atoms with Gasteiger partial charge < -0.3 is 62.2 Å². The van der Waals surface area contributed by atoms with E-state index in [9.17, 15) is 19.2 Å². The number of fused-ring (bicyclic) bond motifs is 5. The molecule has 9 rings (SSSR count). The SMILES string of the molecule is CCCCc1ccc(-c2ccc(C(=O)N[C@@H](CCCCN)C(=O)N(C)[C@@H]3C(=O)N[C@@H](C)C(=O)N[C@H](C(=O)N[C@@H](C)B4O[C@@H]5C[C@@H]6C[C@@H](C6(C)C)[C@]5(C)O4)Cc4ccc(OCCN)c(c4)-c4cc3ccc4OCCN)cc2)cc1. The van der Waals surface area contributed by atoms with Crippen molar-refractivity contribution in [2.75, 3.05) is 39.9 Å². The lowest BCUT2D eigenvalue weighted by molar-refractivity contribution is -0.199. The zero-order valence-electron chi connectivity index (χ0n) is 46.5. The first kappa shape index (κ1) is 57.9. The monoisotopic (exact) mass is 1070 g/mol. The highest BCUT2D eigenvalue weighted by Crippen LogP contribution is 2.65. The maximum Gasteiger partial charge on any atom is 0.481 e. The molecular formula is C60H81BN8O9. The Hall–Kier alpha value is -6.31. The molecule has 5 amide bonds. The zero-order valence-corrected chi connectivity index (χ0v) is 46.5. The molecular weight excluding hydrogens is 988 g/mol. The third kappa shape index (κ3) is 12.6. The van der Waals surface area contributed by atoms with E-state index in [1.165, 1.54) is 24.4 Å². The summed E-state index contributed by atoms with van der Waals surface area (Å²) in [7, 11) is 0.787. The predicted molar refractivity (Wildman–Crippen MR) is 302 cm³/mol. The number of hydrogen-bond donors (Lipinski definition) is 7. The summed E-state index contributed by atoms with van der Waals surface area (Å²) in [6.07, 6.45) is 6.51. The summed E-state index contributed by atoms with van der Waals surface area (Å²) in [5, 5.41) is 11.8. The fourth-order valence-electron chi connectivity index (χ4n) is 12.0. The van der Waals surface area contributed by atoms with Gasteiger partial charge in [0.25, 0.3) is 5.91 Å². The van der Waals surface area contributed by atoms with Crippen molar-refractivity contribution in [3.8, 4) is 33.8 Å². The van der Waals surface area contributed by atoms with Crippen LogP contribution >= 0.6 is 0 Å². The molecule has 9 atom stereocenters. The molecule has 4 aromatic rings. The first-order chi connectivity index (χ1) is 37.4. The van der Waals surface area contributed by atoms with Crippen LogP contribution in [0, 0.1) is 17.3 Å². The van der Waals surface area contributed by atoms with Crippen molar-refractivity contribution in [2.45, 2.75) is 141 Å². The van der Waals surface area contributed by atoms with Crippen LogP contribution in [0.1, 0.15) is 120 Å². The van der Waals surface area contributed by atoms with E-state index in [0.29, 0.717) is 70.5 Å². The Bertz CT molecular complexity index is 2780. The number of unbranched alkanes of at least 4 members (excludes halogenated alkanes) is 2. The van der Waals surface area contributed by atoms with Gasteiger partial charge in [-0.2, -0.15) is 0 Å². The minimum atomic E-state index is -1.36. The van der Waals surface area contributed by atoms with Crippen LogP contribution < -0.4 is 47.9 Å². The number of nitrogens with one attached hydrogen (secondary N) is 4. The number of nitrogens with two attached hydrogens (primary N) is 3.